The number of carbonyl (C=O) groups is 2. The molecule has 2 fully saturated rings. The van der Waals surface area contributed by atoms with Crippen molar-refractivity contribution in [2.75, 3.05) is 52.5 Å². The summed E-state index contributed by atoms with van der Waals surface area (Å²) in [6.07, 6.45) is 1.29. The smallest absolute Gasteiger partial charge is 0.410 e. The van der Waals surface area contributed by atoms with Gasteiger partial charge in [0.2, 0.25) is 5.91 Å². The first-order chi connectivity index (χ1) is 11.3. The molecule has 0 saturated carbocycles. The summed E-state index contributed by atoms with van der Waals surface area (Å²) in [5.74, 6) is -0.0397. The number of alkyl halides is 1. The molecule has 0 bridgehead atoms. The van der Waals surface area contributed by atoms with Crippen LogP contribution in [0.3, 0.4) is 0 Å². The number of carbonyl (C=O) groups excluding carboxylic acids is 2. The molecule has 2 rings (SSSR count). The van der Waals surface area contributed by atoms with Crippen LogP contribution in [0.25, 0.3) is 0 Å². The highest BCUT2D eigenvalue weighted by molar-refractivity contribution is 5.80. The highest BCUT2D eigenvalue weighted by atomic mass is 19.1. The van der Waals surface area contributed by atoms with Gasteiger partial charge in [-0.05, 0) is 33.6 Å². The van der Waals surface area contributed by atoms with E-state index in [9.17, 15) is 14.0 Å². The molecular weight excluding hydrogens is 313 g/mol. The Kier molecular flexibility index (Phi) is 6.43. The van der Waals surface area contributed by atoms with Gasteiger partial charge in [-0.25, -0.2) is 9.18 Å². The number of rotatable bonds is 3. The van der Waals surface area contributed by atoms with E-state index in [1.165, 1.54) is 0 Å². The SMILES string of the molecule is CC(C)(C)OC(=O)N1CCCC(C(=O)N2CCN(CCF)CC2)C1. The molecule has 0 spiro atoms. The van der Waals surface area contributed by atoms with Crippen molar-refractivity contribution in [2.24, 2.45) is 5.92 Å². The Bertz CT molecular complexity index is 445. The standard InChI is InChI=1S/C17H30FN3O3/c1-17(2,3)24-16(23)21-7-4-5-14(13-21)15(22)20-11-9-19(8-6-18)10-12-20/h14H,4-13H2,1-3H3. The number of halogens is 1. The fourth-order valence-electron chi connectivity index (χ4n) is 3.24. The van der Waals surface area contributed by atoms with Crippen molar-refractivity contribution < 1.29 is 18.7 Å². The number of likely N-dealkylation sites (tertiary alicyclic amines) is 1. The van der Waals surface area contributed by atoms with Crippen LogP contribution in [0.4, 0.5) is 9.18 Å². The van der Waals surface area contributed by atoms with Gasteiger partial charge in [-0.3, -0.25) is 9.69 Å². The first-order valence-corrected chi connectivity index (χ1v) is 8.85. The van der Waals surface area contributed by atoms with Gasteiger partial charge in [0.1, 0.15) is 12.3 Å². The molecule has 1 unspecified atom stereocenters. The van der Waals surface area contributed by atoms with Crippen molar-refractivity contribution in [3.05, 3.63) is 0 Å². The van der Waals surface area contributed by atoms with Crippen LogP contribution in [0, 0.1) is 5.92 Å². The Balaban J connectivity index is 1.85. The third-order valence-corrected chi connectivity index (χ3v) is 4.51. The molecule has 2 heterocycles. The first-order valence-electron chi connectivity index (χ1n) is 8.85. The number of piperidine rings is 1. The van der Waals surface area contributed by atoms with Crippen LogP contribution in [0.1, 0.15) is 33.6 Å². The summed E-state index contributed by atoms with van der Waals surface area (Å²) < 4.78 is 17.8. The minimum atomic E-state index is -0.527. The average molecular weight is 343 g/mol. The summed E-state index contributed by atoms with van der Waals surface area (Å²) in [6.45, 7) is 9.41. The molecule has 2 aliphatic heterocycles. The van der Waals surface area contributed by atoms with E-state index in [-0.39, 0.29) is 24.6 Å². The van der Waals surface area contributed by atoms with E-state index in [1.807, 2.05) is 30.6 Å². The molecule has 0 aromatic heterocycles. The van der Waals surface area contributed by atoms with E-state index in [0.717, 1.165) is 25.9 Å². The maximum atomic E-state index is 12.7. The number of amides is 2. The second-order valence-electron chi connectivity index (χ2n) is 7.62. The van der Waals surface area contributed by atoms with Crippen LogP contribution in [0.5, 0.6) is 0 Å². The van der Waals surface area contributed by atoms with E-state index < -0.39 is 5.60 Å². The Labute approximate surface area is 143 Å². The molecule has 24 heavy (non-hydrogen) atoms. The normalized spacial score (nSPS) is 23.2. The first kappa shape index (κ1) is 19.0. The fraction of sp³-hybridized carbons (Fsp3) is 0.882. The maximum absolute atomic E-state index is 12.7. The van der Waals surface area contributed by atoms with Crippen LogP contribution in [0.15, 0.2) is 0 Å². The number of ether oxygens (including phenoxy) is 1. The Morgan fingerprint density at radius 3 is 2.33 bits per heavy atom. The molecule has 1 atom stereocenters. The Hall–Kier alpha value is -1.37. The lowest BCUT2D eigenvalue weighted by Crippen LogP contribution is -2.53. The quantitative estimate of drug-likeness (QED) is 0.783. The lowest BCUT2D eigenvalue weighted by molar-refractivity contribution is -0.139. The van der Waals surface area contributed by atoms with Crippen molar-refractivity contribution in [2.45, 2.75) is 39.2 Å². The van der Waals surface area contributed by atoms with E-state index in [2.05, 4.69) is 0 Å². The molecule has 138 valence electrons. The lowest BCUT2D eigenvalue weighted by Gasteiger charge is -2.39. The predicted octanol–water partition coefficient (Wildman–Crippen LogP) is 1.75. The van der Waals surface area contributed by atoms with Gasteiger partial charge in [0.25, 0.3) is 0 Å². The number of piperazine rings is 1. The van der Waals surface area contributed by atoms with Gasteiger partial charge in [-0.2, -0.15) is 0 Å². The zero-order chi connectivity index (χ0) is 17.7. The largest absolute Gasteiger partial charge is 0.444 e. The summed E-state index contributed by atoms with van der Waals surface area (Å²) in [5, 5.41) is 0. The van der Waals surface area contributed by atoms with Crippen LogP contribution < -0.4 is 0 Å². The maximum Gasteiger partial charge on any atom is 0.410 e. The van der Waals surface area contributed by atoms with Crippen LogP contribution in [-0.2, 0) is 9.53 Å². The summed E-state index contributed by atoms with van der Waals surface area (Å²) >= 11 is 0. The minimum absolute atomic E-state index is 0.114. The highest BCUT2D eigenvalue weighted by Gasteiger charge is 2.34. The van der Waals surface area contributed by atoms with Crippen LogP contribution >= 0.6 is 0 Å². The summed E-state index contributed by atoms with van der Waals surface area (Å²) in [6, 6.07) is 0. The van der Waals surface area contributed by atoms with Gasteiger partial charge < -0.3 is 14.5 Å². The topological polar surface area (TPSA) is 53.1 Å². The molecule has 0 aromatic rings. The molecular formula is C17H30FN3O3. The molecule has 7 heteroatoms. The van der Waals surface area contributed by atoms with E-state index >= 15 is 0 Å². The molecule has 0 aliphatic carbocycles. The van der Waals surface area contributed by atoms with Crippen molar-refractivity contribution in [1.29, 1.82) is 0 Å². The summed E-state index contributed by atoms with van der Waals surface area (Å²) in [4.78, 5) is 30.5. The van der Waals surface area contributed by atoms with E-state index in [4.69, 9.17) is 4.74 Å². The van der Waals surface area contributed by atoms with Gasteiger partial charge >= 0.3 is 6.09 Å². The highest BCUT2D eigenvalue weighted by Crippen LogP contribution is 2.21. The zero-order valence-corrected chi connectivity index (χ0v) is 15.1. The number of hydrogen-bond acceptors (Lipinski definition) is 4. The molecule has 6 nitrogen and oxygen atoms in total. The summed E-state index contributed by atoms with van der Waals surface area (Å²) in [5.41, 5.74) is -0.527. The van der Waals surface area contributed by atoms with Crippen molar-refractivity contribution in [3.63, 3.8) is 0 Å². The second kappa shape index (κ2) is 8.14. The fourth-order valence-corrected chi connectivity index (χ4v) is 3.24. The second-order valence-corrected chi connectivity index (χ2v) is 7.62. The molecule has 0 aromatic carbocycles. The van der Waals surface area contributed by atoms with Crippen molar-refractivity contribution in [3.8, 4) is 0 Å². The minimum Gasteiger partial charge on any atom is -0.444 e. The Morgan fingerprint density at radius 1 is 1.08 bits per heavy atom. The number of nitrogens with zero attached hydrogens (tertiary/aromatic N) is 3. The van der Waals surface area contributed by atoms with Crippen molar-refractivity contribution >= 4 is 12.0 Å². The molecule has 2 saturated heterocycles. The zero-order valence-electron chi connectivity index (χ0n) is 15.1. The molecule has 2 aliphatic rings. The summed E-state index contributed by atoms with van der Waals surface area (Å²) in [7, 11) is 0. The average Bonchev–Trinajstić information content (AvgIpc) is 2.54. The van der Waals surface area contributed by atoms with Gasteiger partial charge in [-0.15, -0.1) is 0 Å². The predicted molar refractivity (Wildman–Crippen MR) is 89.5 cm³/mol. The molecule has 2 amide bonds. The monoisotopic (exact) mass is 343 g/mol. The van der Waals surface area contributed by atoms with Gasteiger partial charge in [0.15, 0.2) is 0 Å². The number of hydrogen-bond donors (Lipinski definition) is 0. The van der Waals surface area contributed by atoms with Gasteiger partial charge in [0.05, 0.1) is 5.92 Å². The molecule has 0 radical (unpaired) electrons. The molecule has 0 N–H and O–H groups in total. The van der Waals surface area contributed by atoms with Gasteiger partial charge in [0, 0.05) is 45.8 Å². The third kappa shape index (κ3) is 5.33. The van der Waals surface area contributed by atoms with Crippen molar-refractivity contribution in [1.82, 2.24) is 14.7 Å². The van der Waals surface area contributed by atoms with Gasteiger partial charge in [-0.1, -0.05) is 0 Å². The lowest BCUT2D eigenvalue weighted by atomic mass is 9.96. The third-order valence-electron chi connectivity index (χ3n) is 4.51. The Morgan fingerprint density at radius 2 is 1.75 bits per heavy atom. The van der Waals surface area contributed by atoms with Crippen LogP contribution in [-0.4, -0.2) is 84.8 Å². The van der Waals surface area contributed by atoms with Crippen LogP contribution in [0.2, 0.25) is 0 Å². The van der Waals surface area contributed by atoms with E-state index in [0.29, 0.717) is 32.7 Å². The van der Waals surface area contributed by atoms with E-state index in [1.54, 1.807) is 4.90 Å².